The summed E-state index contributed by atoms with van der Waals surface area (Å²) in [7, 11) is 0. The molecule has 0 radical (unpaired) electrons. The molecule has 1 aliphatic rings. The van der Waals surface area contributed by atoms with Crippen molar-refractivity contribution in [2.24, 2.45) is 0 Å². The number of hydrogen-bond acceptors (Lipinski definition) is 5. The summed E-state index contributed by atoms with van der Waals surface area (Å²) in [5.41, 5.74) is 0.937. The second kappa shape index (κ2) is 5.11. The molecule has 1 N–H and O–H groups in total. The number of rotatable bonds is 2. The number of hydrogen-bond donors (Lipinski definition) is 1. The summed E-state index contributed by atoms with van der Waals surface area (Å²) >= 11 is 0. The van der Waals surface area contributed by atoms with Gasteiger partial charge in [-0.15, -0.1) is 0 Å². The zero-order valence-corrected chi connectivity index (χ0v) is 10.9. The Morgan fingerprint density at radius 2 is 2.16 bits per heavy atom. The topological polar surface area (TPSA) is 58.5 Å². The van der Waals surface area contributed by atoms with Crippen LogP contribution in [0.4, 0.5) is 5.82 Å². The Morgan fingerprint density at radius 1 is 1.32 bits per heavy atom. The van der Waals surface area contributed by atoms with Crippen LogP contribution >= 0.6 is 0 Å². The molecule has 1 aromatic heterocycles. The molecule has 3 rings (SSSR count). The summed E-state index contributed by atoms with van der Waals surface area (Å²) in [5, 5.41) is 10.3. The highest BCUT2D eigenvalue weighted by Crippen LogP contribution is 2.25. The van der Waals surface area contributed by atoms with Crippen molar-refractivity contribution in [3.05, 3.63) is 30.6 Å². The van der Waals surface area contributed by atoms with Gasteiger partial charge < -0.3 is 14.7 Å². The Balaban J connectivity index is 1.99. The lowest BCUT2D eigenvalue weighted by atomic mass is 10.2. The maximum Gasteiger partial charge on any atom is 0.140 e. The van der Waals surface area contributed by atoms with Crippen LogP contribution in [-0.4, -0.2) is 47.0 Å². The molecule has 5 nitrogen and oxygen atoms in total. The van der Waals surface area contributed by atoms with Crippen molar-refractivity contribution >= 4 is 16.7 Å². The van der Waals surface area contributed by atoms with Gasteiger partial charge in [0, 0.05) is 18.5 Å². The quantitative estimate of drug-likeness (QED) is 0.878. The Hall–Kier alpha value is -1.72. The van der Waals surface area contributed by atoms with Gasteiger partial charge in [-0.3, -0.25) is 0 Å². The average molecular weight is 259 g/mol. The number of benzene rings is 1. The van der Waals surface area contributed by atoms with Gasteiger partial charge in [0.05, 0.1) is 24.3 Å². The molecule has 0 aliphatic carbocycles. The fraction of sp³-hybridized carbons (Fsp3) is 0.429. The fourth-order valence-electron chi connectivity index (χ4n) is 2.56. The standard InChI is InChI=1S/C14H17N3O2/c1-10-6-17(7-11(8-18)19-10)14-12-4-2-3-5-13(12)15-9-16-14/h2-5,9-11,18H,6-8H2,1H3. The summed E-state index contributed by atoms with van der Waals surface area (Å²) in [6.45, 7) is 3.47. The van der Waals surface area contributed by atoms with E-state index in [1.165, 1.54) is 0 Å². The molecule has 1 saturated heterocycles. The third kappa shape index (κ3) is 2.39. The zero-order valence-electron chi connectivity index (χ0n) is 10.9. The number of para-hydroxylation sites is 1. The highest BCUT2D eigenvalue weighted by atomic mass is 16.5. The van der Waals surface area contributed by atoms with Crippen molar-refractivity contribution < 1.29 is 9.84 Å². The predicted octanol–water partition coefficient (Wildman–Crippen LogP) is 1.22. The molecule has 2 heterocycles. The van der Waals surface area contributed by atoms with Crippen LogP contribution in [-0.2, 0) is 4.74 Å². The minimum Gasteiger partial charge on any atom is -0.394 e. The first-order valence-corrected chi connectivity index (χ1v) is 6.49. The lowest BCUT2D eigenvalue weighted by Crippen LogP contribution is -2.48. The largest absolute Gasteiger partial charge is 0.394 e. The number of aliphatic hydroxyl groups is 1. The van der Waals surface area contributed by atoms with Gasteiger partial charge in [0.2, 0.25) is 0 Å². The average Bonchev–Trinajstić information content (AvgIpc) is 2.46. The monoisotopic (exact) mass is 259 g/mol. The second-order valence-corrected chi connectivity index (χ2v) is 4.87. The molecule has 2 atom stereocenters. The van der Waals surface area contributed by atoms with Crippen LogP contribution in [0.3, 0.4) is 0 Å². The van der Waals surface area contributed by atoms with Gasteiger partial charge in [-0.05, 0) is 19.1 Å². The number of morpholine rings is 1. The number of aromatic nitrogens is 2. The fourth-order valence-corrected chi connectivity index (χ4v) is 2.56. The Morgan fingerprint density at radius 3 is 3.00 bits per heavy atom. The van der Waals surface area contributed by atoms with E-state index in [2.05, 4.69) is 14.9 Å². The smallest absolute Gasteiger partial charge is 0.140 e. The highest BCUT2D eigenvalue weighted by Gasteiger charge is 2.26. The molecular formula is C14H17N3O2. The van der Waals surface area contributed by atoms with Crippen molar-refractivity contribution in [2.75, 3.05) is 24.6 Å². The van der Waals surface area contributed by atoms with E-state index >= 15 is 0 Å². The SMILES string of the molecule is CC1CN(c2ncnc3ccccc23)CC(CO)O1. The molecule has 1 fully saturated rings. The Bertz CT molecular complexity index is 570. The summed E-state index contributed by atoms with van der Waals surface area (Å²) in [6.07, 6.45) is 1.52. The van der Waals surface area contributed by atoms with Crippen LogP contribution < -0.4 is 4.90 Å². The van der Waals surface area contributed by atoms with E-state index in [1.54, 1.807) is 6.33 Å². The van der Waals surface area contributed by atoms with E-state index < -0.39 is 0 Å². The minimum absolute atomic E-state index is 0.0316. The molecule has 2 unspecified atom stereocenters. The molecule has 1 aliphatic heterocycles. The van der Waals surface area contributed by atoms with Crippen LogP contribution in [0.25, 0.3) is 10.9 Å². The van der Waals surface area contributed by atoms with Crippen molar-refractivity contribution in [2.45, 2.75) is 19.1 Å². The Kier molecular flexibility index (Phi) is 3.31. The zero-order chi connectivity index (χ0) is 13.2. The maximum absolute atomic E-state index is 9.30. The lowest BCUT2D eigenvalue weighted by molar-refractivity contribution is -0.0422. The molecule has 100 valence electrons. The molecule has 0 spiro atoms. The molecule has 0 saturated carbocycles. The van der Waals surface area contributed by atoms with E-state index in [1.807, 2.05) is 31.2 Å². The first-order chi connectivity index (χ1) is 9.28. The van der Waals surface area contributed by atoms with E-state index in [4.69, 9.17) is 4.74 Å². The summed E-state index contributed by atoms with van der Waals surface area (Å²) in [6, 6.07) is 7.97. The van der Waals surface area contributed by atoms with Gasteiger partial charge in [-0.1, -0.05) is 12.1 Å². The van der Waals surface area contributed by atoms with Crippen molar-refractivity contribution in [3.8, 4) is 0 Å². The van der Waals surface area contributed by atoms with Gasteiger partial charge in [-0.2, -0.15) is 0 Å². The maximum atomic E-state index is 9.30. The number of ether oxygens (including phenoxy) is 1. The van der Waals surface area contributed by atoms with Crippen molar-refractivity contribution in [1.82, 2.24) is 9.97 Å². The van der Waals surface area contributed by atoms with E-state index in [9.17, 15) is 5.11 Å². The van der Waals surface area contributed by atoms with Gasteiger partial charge in [0.25, 0.3) is 0 Å². The first kappa shape index (κ1) is 12.3. The highest BCUT2D eigenvalue weighted by molar-refractivity contribution is 5.89. The van der Waals surface area contributed by atoms with E-state index in [0.29, 0.717) is 6.54 Å². The number of fused-ring (bicyclic) bond motifs is 1. The first-order valence-electron chi connectivity index (χ1n) is 6.49. The van der Waals surface area contributed by atoms with Crippen LogP contribution in [0.2, 0.25) is 0 Å². The van der Waals surface area contributed by atoms with Gasteiger partial charge in [0.1, 0.15) is 12.1 Å². The van der Waals surface area contributed by atoms with Crippen molar-refractivity contribution in [3.63, 3.8) is 0 Å². The molecule has 5 heteroatoms. The Labute approximate surface area is 111 Å². The number of anilines is 1. The predicted molar refractivity (Wildman–Crippen MR) is 73.2 cm³/mol. The van der Waals surface area contributed by atoms with Crippen LogP contribution in [0.15, 0.2) is 30.6 Å². The van der Waals surface area contributed by atoms with Crippen molar-refractivity contribution in [1.29, 1.82) is 0 Å². The third-order valence-corrected chi connectivity index (χ3v) is 3.35. The van der Waals surface area contributed by atoms with Crippen LogP contribution in [0, 0.1) is 0 Å². The van der Waals surface area contributed by atoms with Crippen LogP contribution in [0.1, 0.15) is 6.92 Å². The second-order valence-electron chi connectivity index (χ2n) is 4.87. The van der Waals surface area contributed by atoms with Gasteiger partial charge in [-0.25, -0.2) is 9.97 Å². The molecule has 2 aromatic rings. The number of aliphatic hydroxyl groups excluding tert-OH is 1. The minimum atomic E-state index is -0.155. The summed E-state index contributed by atoms with van der Waals surface area (Å²) in [4.78, 5) is 10.9. The van der Waals surface area contributed by atoms with Crippen LogP contribution in [0.5, 0.6) is 0 Å². The normalized spacial score (nSPS) is 23.8. The molecule has 0 bridgehead atoms. The summed E-state index contributed by atoms with van der Waals surface area (Å²) < 4.78 is 5.66. The van der Waals surface area contributed by atoms with E-state index in [0.717, 1.165) is 23.3 Å². The molecule has 1 aromatic carbocycles. The lowest BCUT2D eigenvalue weighted by Gasteiger charge is -2.37. The van der Waals surface area contributed by atoms with Gasteiger partial charge >= 0.3 is 0 Å². The van der Waals surface area contributed by atoms with E-state index in [-0.39, 0.29) is 18.8 Å². The van der Waals surface area contributed by atoms with Gasteiger partial charge in [0.15, 0.2) is 0 Å². The molecule has 0 amide bonds. The third-order valence-electron chi connectivity index (χ3n) is 3.35. The number of nitrogens with zero attached hydrogens (tertiary/aromatic N) is 3. The molecular weight excluding hydrogens is 242 g/mol. The molecule has 19 heavy (non-hydrogen) atoms. The summed E-state index contributed by atoms with van der Waals surface area (Å²) in [5.74, 6) is 0.916.